The fraction of sp³-hybridized carbons (Fsp3) is 0.429. The van der Waals surface area contributed by atoms with Crippen LogP contribution in [0.4, 0.5) is 45.6 Å². The summed E-state index contributed by atoms with van der Waals surface area (Å²) in [5.74, 6) is -1.66. The molecule has 4 heterocycles. The van der Waals surface area contributed by atoms with Crippen molar-refractivity contribution in [3.8, 4) is 0 Å². The zero-order valence-corrected chi connectivity index (χ0v) is 23.0. The van der Waals surface area contributed by atoms with Gasteiger partial charge in [-0.05, 0) is 49.4 Å². The van der Waals surface area contributed by atoms with Crippen LogP contribution in [-0.2, 0) is 6.18 Å². The quantitative estimate of drug-likeness (QED) is 0.381. The first-order valence-corrected chi connectivity index (χ1v) is 13.7. The van der Waals surface area contributed by atoms with E-state index in [0.29, 0.717) is 51.5 Å². The average Bonchev–Trinajstić information content (AvgIpc) is 3.28. The lowest BCUT2D eigenvalue weighted by Crippen LogP contribution is -2.38. The van der Waals surface area contributed by atoms with Gasteiger partial charge in [0.15, 0.2) is 5.69 Å². The zero-order valence-electron chi connectivity index (χ0n) is 23.0. The van der Waals surface area contributed by atoms with Crippen LogP contribution in [0.15, 0.2) is 47.0 Å². The number of anilines is 4. The van der Waals surface area contributed by atoms with Gasteiger partial charge in [-0.1, -0.05) is 19.1 Å². The predicted octanol–water partition coefficient (Wildman–Crippen LogP) is 5.46. The second kappa shape index (κ2) is 12.2. The Hall–Kier alpha value is -4.36. The molecule has 2 aliphatic rings. The molecule has 10 nitrogen and oxygen atoms in total. The standard InChI is InChI=1S/C28H31F4N7O3/c1-18-6-4-11-39(17-18)27-36-24(28(30,31)32)23(42-27)25(40)34-19-9-10-22(33-16-19)37-12-5-13-38(15-14-37)26(41)35-21-8-3-2-7-20(21)29/h2-3,7-10,16,18H,4-6,11-15,17H2,1H3,(H,34,40)(H,35,41). The lowest BCUT2D eigenvalue weighted by Gasteiger charge is -2.29. The summed E-state index contributed by atoms with van der Waals surface area (Å²) in [6.45, 7) is 4.86. The summed E-state index contributed by atoms with van der Waals surface area (Å²) in [6.07, 6.45) is -1.14. The highest BCUT2D eigenvalue weighted by molar-refractivity contribution is 6.03. The van der Waals surface area contributed by atoms with Crippen molar-refractivity contribution in [1.82, 2.24) is 14.9 Å². The summed E-state index contributed by atoms with van der Waals surface area (Å²) in [4.78, 5) is 38.7. The molecule has 3 amide bonds. The van der Waals surface area contributed by atoms with Gasteiger partial charge in [0.25, 0.3) is 11.9 Å². The van der Waals surface area contributed by atoms with Gasteiger partial charge < -0.3 is 29.8 Å². The van der Waals surface area contributed by atoms with E-state index in [4.69, 9.17) is 4.42 Å². The molecule has 0 saturated carbocycles. The summed E-state index contributed by atoms with van der Waals surface area (Å²) >= 11 is 0. The number of aromatic nitrogens is 2. The van der Waals surface area contributed by atoms with Crippen molar-refractivity contribution in [2.24, 2.45) is 5.92 Å². The number of alkyl halides is 3. The first kappa shape index (κ1) is 29.1. The second-order valence-electron chi connectivity index (χ2n) is 10.5. The van der Waals surface area contributed by atoms with Crippen LogP contribution in [0.5, 0.6) is 0 Å². The van der Waals surface area contributed by atoms with E-state index < -0.39 is 35.4 Å². The smallest absolute Gasteiger partial charge is 0.417 e. The Labute approximate surface area is 239 Å². The van der Waals surface area contributed by atoms with Gasteiger partial charge in [0.05, 0.1) is 17.6 Å². The molecule has 2 aromatic heterocycles. The highest BCUT2D eigenvalue weighted by Gasteiger charge is 2.42. The van der Waals surface area contributed by atoms with Crippen LogP contribution in [0.2, 0.25) is 0 Å². The summed E-state index contributed by atoms with van der Waals surface area (Å²) in [5.41, 5.74) is -1.08. The molecule has 2 aliphatic heterocycles. The molecule has 3 aromatic rings. The number of benzene rings is 1. The normalized spacial score (nSPS) is 18.0. The number of oxazole rings is 1. The maximum atomic E-state index is 13.9. The highest BCUT2D eigenvalue weighted by atomic mass is 19.4. The van der Waals surface area contributed by atoms with E-state index in [1.807, 2.05) is 11.8 Å². The van der Waals surface area contributed by atoms with Crippen LogP contribution in [0.1, 0.15) is 42.4 Å². The third-order valence-corrected chi connectivity index (χ3v) is 7.25. The van der Waals surface area contributed by atoms with Crippen LogP contribution in [0.25, 0.3) is 0 Å². The number of nitrogens with zero attached hydrogens (tertiary/aromatic N) is 5. The first-order chi connectivity index (χ1) is 20.1. The van der Waals surface area contributed by atoms with Gasteiger partial charge in [0.1, 0.15) is 11.6 Å². The highest BCUT2D eigenvalue weighted by Crippen LogP contribution is 2.35. The van der Waals surface area contributed by atoms with E-state index in [9.17, 15) is 27.2 Å². The van der Waals surface area contributed by atoms with Crippen LogP contribution in [0, 0.1) is 11.7 Å². The van der Waals surface area contributed by atoms with Crippen LogP contribution >= 0.6 is 0 Å². The fourth-order valence-electron chi connectivity index (χ4n) is 5.09. The van der Waals surface area contributed by atoms with Crippen LogP contribution in [-0.4, -0.2) is 66.1 Å². The number of piperidine rings is 1. The third kappa shape index (κ3) is 6.74. The Bertz CT molecular complexity index is 1410. The minimum Gasteiger partial charge on any atom is -0.417 e. The number of halogens is 4. The number of hydrogen-bond acceptors (Lipinski definition) is 7. The van der Waals surface area contributed by atoms with Crippen molar-refractivity contribution in [3.05, 3.63) is 59.9 Å². The molecule has 0 spiro atoms. The number of rotatable bonds is 5. The number of pyridine rings is 1. The monoisotopic (exact) mass is 589 g/mol. The molecule has 224 valence electrons. The number of urea groups is 1. The number of hydrogen-bond donors (Lipinski definition) is 2. The molecule has 1 aromatic carbocycles. The zero-order chi connectivity index (χ0) is 29.9. The first-order valence-electron chi connectivity index (χ1n) is 13.7. The summed E-state index contributed by atoms with van der Waals surface area (Å²) in [7, 11) is 0. The Morgan fingerprint density at radius 2 is 1.76 bits per heavy atom. The van der Waals surface area contributed by atoms with Crippen molar-refractivity contribution < 1.29 is 31.6 Å². The lowest BCUT2D eigenvalue weighted by atomic mass is 10.0. The minimum atomic E-state index is -4.87. The molecule has 2 fully saturated rings. The van der Waals surface area contributed by atoms with Crippen molar-refractivity contribution in [3.63, 3.8) is 0 Å². The average molecular weight is 590 g/mol. The van der Waals surface area contributed by atoms with E-state index in [-0.39, 0.29) is 23.3 Å². The molecular formula is C28H31F4N7O3. The largest absolute Gasteiger partial charge is 0.437 e. The summed E-state index contributed by atoms with van der Waals surface area (Å²) in [5, 5.41) is 5.01. The Morgan fingerprint density at radius 3 is 2.48 bits per heavy atom. The Balaban J connectivity index is 1.21. The van der Waals surface area contributed by atoms with Crippen molar-refractivity contribution in [2.45, 2.75) is 32.4 Å². The Morgan fingerprint density at radius 1 is 0.976 bits per heavy atom. The van der Waals surface area contributed by atoms with E-state index in [1.54, 1.807) is 28.0 Å². The SMILES string of the molecule is CC1CCCN(c2nc(C(F)(F)F)c(C(=O)Nc3ccc(N4CCCN(C(=O)Nc5ccccc5F)CC4)nc3)o2)C1. The minimum absolute atomic E-state index is 0.105. The van der Waals surface area contributed by atoms with Gasteiger partial charge >= 0.3 is 12.2 Å². The van der Waals surface area contributed by atoms with Gasteiger partial charge in [-0.25, -0.2) is 14.2 Å². The van der Waals surface area contributed by atoms with Gasteiger partial charge in [-0.3, -0.25) is 4.79 Å². The molecule has 42 heavy (non-hydrogen) atoms. The number of amides is 3. The van der Waals surface area contributed by atoms with Gasteiger partial charge in [-0.2, -0.15) is 18.2 Å². The van der Waals surface area contributed by atoms with Gasteiger partial charge in [0.2, 0.25) is 5.76 Å². The number of carbonyl (C=O) groups excluding carboxylic acids is 2. The molecule has 0 aliphatic carbocycles. The van der Waals surface area contributed by atoms with Crippen molar-refractivity contribution in [2.75, 3.05) is 59.7 Å². The molecule has 5 rings (SSSR count). The second-order valence-corrected chi connectivity index (χ2v) is 10.5. The molecular weight excluding hydrogens is 558 g/mol. The van der Waals surface area contributed by atoms with E-state index >= 15 is 0 Å². The van der Waals surface area contributed by atoms with E-state index in [0.717, 1.165) is 12.8 Å². The predicted molar refractivity (Wildman–Crippen MR) is 148 cm³/mol. The summed E-state index contributed by atoms with van der Waals surface area (Å²) in [6, 6.07) is 8.48. The molecule has 2 saturated heterocycles. The Kier molecular flexibility index (Phi) is 8.50. The van der Waals surface area contributed by atoms with Crippen molar-refractivity contribution in [1.29, 1.82) is 0 Å². The number of carbonyl (C=O) groups is 2. The van der Waals surface area contributed by atoms with Gasteiger partial charge in [-0.15, -0.1) is 0 Å². The molecule has 0 bridgehead atoms. The molecule has 14 heteroatoms. The molecule has 1 unspecified atom stereocenters. The fourth-order valence-corrected chi connectivity index (χ4v) is 5.09. The van der Waals surface area contributed by atoms with Gasteiger partial charge in [0, 0.05) is 39.3 Å². The molecule has 1 atom stereocenters. The van der Waals surface area contributed by atoms with E-state index in [1.165, 1.54) is 24.4 Å². The lowest BCUT2D eigenvalue weighted by molar-refractivity contribution is -0.141. The number of para-hydroxylation sites is 1. The topological polar surface area (TPSA) is 107 Å². The van der Waals surface area contributed by atoms with E-state index in [2.05, 4.69) is 20.6 Å². The third-order valence-electron chi connectivity index (χ3n) is 7.25. The van der Waals surface area contributed by atoms with Crippen molar-refractivity contribution >= 4 is 35.1 Å². The maximum Gasteiger partial charge on any atom is 0.437 e. The molecule has 0 radical (unpaired) electrons. The molecule has 2 N–H and O–H groups in total. The van der Waals surface area contributed by atoms with Crippen LogP contribution < -0.4 is 20.4 Å². The van der Waals surface area contributed by atoms with Crippen LogP contribution in [0.3, 0.4) is 0 Å². The number of nitrogens with one attached hydrogen (secondary N) is 2. The summed E-state index contributed by atoms with van der Waals surface area (Å²) < 4.78 is 60.4. The maximum absolute atomic E-state index is 13.9.